The number of methoxy groups -OCH3 is 2. The molecule has 0 saturated carbocycles. The van der Waals surface area contributed by atoms with Crippen LogP contribution < -0.4 is 20.1 Å². The number of hydrogen-bond donors (Lipinski definition) is 2. The molecule has 2 N–H and O–H groups in total. The van der Waals surface area contributed by atoms with Crippen LogP contribution in [0.5, 0.6) is 11.5 Å². The number of aryl methyl sites for hydroxylation is 1. The van der Waals surface area contributed by atoms with Crippen LogP contribution in [0.15, 0.2) is 72.8 Å². The van der Waals surface area contributed by atoms with Crippen LogP contribution in [0.25, 0.3) is 0 Å². The van der Waals surface area contributed by atoms with E-state index in [2.05, 4.69) is 22.8 Å². The second-order valence-electron chi connectivity index (χ2n) is 10.4. The normalized spacial score (nSPS) is 16.6. The number of carbonyl (C=O) groups excluding carboxylic acids is 1. The summed E-state index contributed by atoms with van der Waals surface area (Å²) in [5, 5.41) is 6.43. The third-order valence-electron chi connectivity index (χ3n) is 7.40. The molecular weight excluding hydrogens is 532 g/mol. The number of para-hydroxylation sites is 2. The molecule has 226 valence electrons. The Balaban J connectivity index is 1.20. The number of hydrogen-bond acceptors (Lipinski definition) is 7. The van der Waals surface area contributed by atoms with Crippen molar-refractivity contribution >= 4 is 11.6 Å². The fourth-order valence-electron chi connectivity index (χ4n) is 5.19. The SMILES string of the molecule is COCCCc1ccccc1NC(=O)CO[C@H]1CNCC[C@@H]1c1ccc(OCCCOCc2ccccc2OC)cc1. The zero-order valence-electron chi connectivity index (χ0n) is 24.8. The Kier molecular flexibility index (Phi) is 13.1. The van der Waals surface area contributed by atoms with Crippen molar-refractivity contribution in [1.29, 1.82) is 0 Å². The molecule has 8 heteroatoms. The molecule has 4 rings (SSSR count). The first kappa shape index (κ1) is 31.5. The van der Waals surface area contributed by atoms with Gasteiger partial charge in [0.2, 0.25) is 5.91 Å². The first-order valence-corrected chi connectivity index (χ1v) is 14.8. The van der Waals surface area contributed by atoms with Gasteiger partial charge in [0, 0.05) is 43.9 Å². The van der Waals surface area contributed by atoms with E-state index in [0.29, 0.717) is 33.0 Å². The molecule has 3 aromatic rings. The average molecular weight is 577 g/mol. The fourth-order valence-corrected chi connectivity index (χ4v) is 5.19. The monoisotopic (exact) mass is 576 g/mol. The number of ether oxygens (including phenoxy) is 5. The van der Waals surface area contributed by atoms with E-state index in [-0.39, 0.29) is 24.5 Å². The summed E-state index contributed by atoms with van der Waals surface area (Å²) in [6.45, 7) is 4.02. The molecule has 42 heavy (non-hydrogen) atoms. The highest BCUT2D eigenvalue weighted by Crippen LogP contribution is 2.29. The lowest BCUT2D eigenvalue weighted by Crippen LogP contribution is -2.42. The highest BCUT2D eigenvalue weighted by atomic mass is 16.5. The standard InChI is InChI=1S/C34H44N2O6/c1-38-20-7-11-27-9-3-5-12-31(27)36-34(37)25-42-33-23-35-19-18-30(33)26-14-16-29(17-15-26)41-22-8-21-40-24-28-10-4-6-13-32(28)39-2/h3-6,9-10,12-17,30,33,35H,7-8,11,18-25H2,1-2H3,(H,36,37)/t30-,33+/m1/s1. The van der Waals surface area contributed by atoms with E-state index in [9.17, 15) is 4.79 Å². The number of rotatable bonds is 17. The van der Waals surface area contributed by atoms with Crippen LogP contribution in [0.2, 0.25) is 0 Å². The summed E-state index contributed by atoms with van der Waals surface area (Å²) in [4.78, 5) is 12.8. The minimum atomic E-state index is -0.144. The Bertz CT molecular complexity index is 1220. The highest BCUT2D eigenvalue weighted by Gasteiger charge is 2.28. The Hall–Kier alpha value is -3.43. The lowest BCUT2D eigenvalue weighted by atomic mass is 9.88. The highest BCUT2D eigenvalue weighted by molar-refractivity contribution is 5.92. The largest absolute Gasteiger partial charge is 0.496 e. The Morgan fingerprint density at radius 1 is 0.905 bits per heavy atom. The van der Waals surface area contributed by atoms with Crippen molar-refractivity contribution in [3.63, 3.8) is 0 Å². The van der Waals surface area contributed by atoms with Crippen LogP contribution in [0.3, 0.4) is 0 Å². The van der Waals surface area contributed by atoms with Crippen molar-refractivity contribution in [1.82, 2.24) is 5.32 Å². The molecule has 3 aromatic carbocycles. The number of anilines is 1. The summed E-state index contributed by atoms with van der Waals surface area (Å²) in [7, 11) is 3.37. The second kappa shape index (κ2) is 17.5. The van der Waals surface area contributed by atoms with Crippen LogP contribution in [0.1, 0.15) is 41.9 Å². The first-order chi connectivity index (χ1) is 20.7. The number of benzene rings is 3. The van der Waals surface area contributed by atoms with Gasteiger partial charge >= 0.3 is 0 Å². The van der Waals surface area contributed by atoms with Crippen molar-refractivity contribution in [2.45, 2.75) is 44.3 Å². The summed E-state index contributed by atoms with van der Waals surface area (Å²) in [5.74, 6) is 1.74. The molecule has 1 amide bonds. The summed E-state index contributed by atoms with van der Waals surface area (Å²) in [5.41, 5.74) is 4.16. The molecule has 1 heterocycles. The van der Waals surface area contributed by atoms with Gasteiger partial charge in [-0.15, -0.1) is 0 Å². The van der Waals surface area contributed by atoms with E-state index in [4.69, 9.17) is 23.7 Å². The lowest BCUT2D eigenvalue weighted by Gasteiger charge is -2.32. The number of carbonyl (C=O) groups is 1. The number of piperidine rings is 1. The van der Waals surface area contributed by atoms with E-state index < -0.39 is 0 Å². The smallest absolute Gasteiger partial charge is 0.250 e. The third-order valence-corrected chi connectivity index (χ3v) is 7.40. The second-order valence-corrected chi connectivity index (χ2v) is 10.4. The predicted molar refractivity (Wildman–Crippen MR) is 164 cm³/mol. The minimum absolute atomic E-state index is 0.00950. The maximum absolute atomic E-state index is 12.8. The van der Waals surface area contributed by atoms with Gasteiger partial charge in [0.15, 0.2) is 0 Å². The van der Waals surface area contributed by atoms with Gasteiger partial charge in [-0.05, 0) is 61.2 Å². The van der Waals surface area contributed by atoms with Crippen LogP contribution in [-0.4, -0.2) is 65.7 Å². The minimum Gasteiger partial charge on any atom is -0.496 e. The van der Waals surface area contributed by atoms with Crippen LogP contribution in [0.4, 0.5) is 5.69 Å². The van der Waals surface area contributed by atoms with E-state index >= 15 is 0 Å². The van der Waals surface area contributed by atoms with Gasteiger partial charge in [-0.2, -0.15) is 0 Å². The van der Waals surface area contributed by atoms with Gasteiger partial charge in [-0.3, -0.25) is 4.79 Å². The maximum Gasteiger partial charge on any atom is 0.250 e. The van der Waals surface area contributed by atoms with Gasteiger partial charge in [-0.25, -0.2) is 0 Å². The molecule has 0 spiro atoms. The van der Waals surface area contributed by atoms with Gasteiger partial charge < -0.3 is 34.3 Å². The molecule has 0 radical (unpaired) electrons. The molecule has 2 atom stereocenters. The van der Waals surface area contributed by atoms with Gasteiger partial charge in [-0.1, -0.05) is 48.5 Å². The van der Waals surface area contributed by atoms with E-state index in [1.165, 1.54) is 5.56 Å². The van der Waals surface area contributed by atoms with Crippen LogP contribution in [-0.2, 0) is 32.0 Å². The molecule has 1 aliphatic heterocycles. The molecule has 1 aliphatic rings. The molecule has 0 aliphatic carbocycles. The first-order valence-electron chi connectivity index (χ1n) is 14.8. The molecular formula is C34H44N2O6. The molecule has 8 nitrogen and oxygen atoms in total. The fraction of sp³-hybridized carbons (Fsp3) is 0.441. The van der Waals surface area contributed by atoms with Crippen molar-refractivity contribution in [2.75, 3.05) is 59.1 Å². The zero-order chi connectivity index (χ0) is 29.4. The van der Waals surface area contributed by atoms with Crippen LogP contribution in [0, 0.1) is 0 Å². The Morgan fingerprint density at radius 2 is 1.69 bits per heavy atom. The van der Waals surface area contributed by atoms with Gasteiger partial charge in [0.05, 0.1) is 33.0 Å². The Labute approximate surface area is 249 Å². The van der Waals surface area contributed by atoms with E-state index in [0.717, 1.165) is 60.5 Å². The average Bonchev–Trinajstić information content (AvgIpc) is 3.03. The van der Waals surface area contributed by atoms with Crippen LogP contribution >= 0.6 is 0 Å². The van der Waals surface area contributed by atoms with Crippen molar-refractivity contribution in [2.24, 2.45) is 0 Å². The maximum atomic E-state index is 12.8. The third kappa shape index (κ3) is 9.84. The number of nitrogens with one attached hydrogen (secondary N) is 2. The van der Waals surface area contributed by atoms with E-state index in [1.54, 1.807) is 14.2 Å². The van der Waals surface area contributed by atoms with Gasteiger partial charge in [0.1, 0.15) is 18.1 Å². The van der Waals surface area contributed by atoms with Gasteiger partial charge in [0.25, 0.3) is 0 Å². The summed E-state index contributed by atoms with van der Waals surface area (Å²) >= 11 is 0. The molecule has 1 saturated heterocycles. The lowest BCUT2D eigenvalue weighted by molar-refractivity contribution is -0.123. The van der Waals surface area contributed by atoms with E-state index in [1.807, 2.05) is 60.7 Å². The zero-order valence-corrected chi connectivity index (χ0v) is 24.8. The molecule has 0 bridgehead atoms. The quantitative estimate of drug-likeness (QED) is 0.209. The Morgan fingerprint density at radius 3 is 2.50 bits per heavy atom. The van der Waals surface area contributed by atoms with Crippen molar-refractivity contribution in [3.05, 3.63) is 89.5 Å². The number of amides is 1. The predicted octanol–water partition coefficient (Wildman–Crippen LogP) is 5.36. The summed E-state index contributed by atoms with van der Waals surface area (Å²) in [6, 6.07) is 24.0. The van der Waals surface area contributed by atoms with Crippen molar-refractivity contribution < 1.29 is 28.5 Å². The molecule has 0 aromatic heterocycles. The molecule has 0 unspecified atom stereocenters. The topological polar surface area (TPSA) is 87.3 Å². The molecule has 1 fully saturated rings. The summed E-state index contributed by atoms with van der Waals surface area (Å²) in [6.07, 6.45) is 3.39. The summed E-state index contributed by atoms with van der Waals surface area (Å²) < 4.78 is 28.4. The van der Waals surface area contributed by atoms with Crippen molar-refractivity contribution in [3.8, 4) is 11.5 Å².